The van der Waals surface area contributed by atoms with Gasteiger partial charge in [0.2, 0.25) is 11.8 Å². The number of primary amides is 1. The molecule has 1 unspecified atom stereocenters. The molecule has 0 aliphatic heterocycles. The third-order valence-corrected chi connectivity index (χ3v) is 3.30. The third kappa shape index (κ3) is 6.23. The summed E-state index contributed by atoms with van der Waals surface area (Å²) in [5, 5.41) is 11.7. The maximum absolute atomic E-state index is 11.7. The lowest BCUT2D eigenvalue weighted by molar-refractivity contribution is -0.116. The van der Waals surface area contributed by atoms with Gasteiger partial charge in [-0.05, 0) is 36.1 Å². The van der Waals surface area contributed by atoms with Crippen molar-refractivity contribution in [3.05, 3.63) is 41.5 Å². The zero-order valence-electron chi connectivity index (χ0n) is 12.2. The molecule has 0 aromatic heterocycles. The summed E-state index contributed by atoms with van der Waals surface area (Å²) in [5.74, 6) is -0.356. The van der Waals surface area contributed by atoms with Gasteiger partial charge in [-0.2, -0.15) is 0 Å². The lowest BCUT2D eigenvalue weighted by atomic mass is 10.0. The Morgan fingerprint density at radius 1 is 1.33 bits per heavy atom. The van der Waals surface area contributed by atoms with Gasteiger partial charge in [0.05, 0.1) is 0 Å². The molecule has 0 radical (unpaired) electrons. The summed E-state index contributed by atoms with van der Waals surface area (Å²) in [5.41, 5.74) is 6.41. The van der Waals surface area contributed by atoms with Gasteiger partial charge in [0.1, 0.15) is 0 Å². The Balaban J connectivity index is 2.48. The number of nitrogens with one attached hydrogen (secondary N) is 1. The molecule has 5 heteroatoms. The Hall–Kier alpha value is -2.14. The molecule has 4 N–H and O–H groups in total. The van der Waals surface area contributed by atoms with Crippen molar-refractivity contribution < 1.29 is 14.7 Å². The summed E-state index contributed by atoms with van der Waals surface area (Å²) in [6.45, 7) is 2.72. The molecule has 21 heavy (non-hydrogen) atoms. The zero-order chi connectivity index (χ0) is 15.7. The summed E-state index contributed by atoms with van der Waals surface area (Å²) in [7, 11) is 0. The molecule has 1 rings (SSSR count). The Morgan fingerprint density at radius 3 is 2.52 bits per heavy atom. The molecule has 1 aromatic rings. The highest BCUT2D eigenvalue weighted by Gasteiger charge is 2.06. The van der Waals surface area contributed by atoms with Crippen LogP contribution in [0.1, 0.15) is 35.7 Å². The van der Waals surface area contributed by atoms with E-state index in [9.17, 15) is 9.59 Å². The molecule has 0 aliphatic rings. The maximum atomic E-state index is 11.7. The quantitative estimate of drug-likeness (QED) is 0.630. The fourth-order valence-corrected chi connectivity index (χ4v) is 1.87. The minimum Gasteiger partial charge on any atom is -0.396 e. The van der Waals surface area contributed by atoms with Crippen molar-refractivity contribution in [2.75, 3.05) is 13.2 Å². The fraction of sp³-hybridized carbons (Fsp3) is 0.375. The van der Waals surface area contributed by atoms with E-state index in [0.717, 1.165) is 12.0 Å². The van der Waals surface area contributed by atoms with Gasteiger partial charge in [-0.3, -0.25) is 9.59 Å². The van der Waals surface area contributed by atoms with Crippen molar-refractivity contribution in [2.24, 2.45) is 11.7 Å². The van der Waals surface area contributed by atoms with Gasteiger partial charge in [-0.15, -0.1) is 0 Å². The molecule has 114 valence electrons. The number of carbonyl (C=O) groups excluding carboxylic acids is 2. The Bertz CT molecular complexity index is 495. The van der Waals surface area contributed by atoms with Gasteiger partial charge in [0, 0.05) is 24.8 Å². The minimum atomic E-state index is -0.474. The molecule has 0 spiro atoms. The second-order valence-corrected chi connectivity index (χ2v) is 4.85. The first-order chi connectivity index (χ1) is 10.1. The first-order valence-corrected chi connectivity index (χ1v) is 7.03. The summed E-state index contributed by atoms with van der Waals surface area (Å²) in [6, 6.07) is 6.69. The van der Waals surface area contributed by atoms with E-state index in [-0.39, 0.29) is 12.5 Å². The molecular weight excluding hydrogens is 268 g/mol. The highest BCUT2D eigenvalue weighted by atomic mass is 16.3. The van der Waals surface area contributed by atoms with Crippen LogP contribution >= 0.6 is 0 Å². The van der Waals surface area contributed by atoms with Crippen molar-refractivity contribution >= 4 is 17.9 Å². The van der Waals surface area contributed by atoms with Crippen molar-refractivity contribution in [1.29, 1.82) is 0 Å². The summed E-state index contributed by atoms with van der Waals surface area (Å²) < 4.78 is 0. The van der Waals surface area contributed by atoms with E-state index in [1.54, 1.807) is 30.3 Å². The van der Waals surface area contributed by atoms with E-state index in [4.69, 9.17) is 10.8 Å². The topological polar surface area (TPSA) is 92.4 Å². The van der Waals surface area contributed by atoms with Crippen LogP contribution in [0, 0.1) is 5.92 Å². The van der Waals surface area contributed by atoms with Crippen LogP contribution in [0.4, 0.5) is 0 Å². The van der Waals surface area contributed by atoms with Crippen LogP contribution in [0.25, 0.3) is 6.08 Å². The highest BCUT2D eigenvalue weighted by Crippen LogP contribution is 2.07. The van der Waals surface area contributed by atoms with E-state index in [1.807, 2.05) is 6.92 Å². The lowest BCUT2D eigenvalue weighted by Gasteiger charge is -2.13. The Kier molecular flexibility index (Phi) is 7.18. The van der Waals surface area contributed by atoms with Crippen molar-refractivity contribution in [1.82, 2.24) is 5.32 Å². The minimum absolute atomic E-state index is 0.135. The first kappa shape index (κ1) is 16.9. The molecule has 0 heterocycles. The summed E-state index contributed by atoms with van der Waals surface area (Å²) in [4.78, 5) is 22.6. The second-order valence-electron chi connectivity index (χ2n) is 4.85. The molecule has 0 bridgehead atoms. The van der Waals surface area contributed by atoms with Gasteiger partial charge in [-0.1, -0.05) is 25.5 Å². The molecule has 0 saturated carbocycles. The number of rotatable bonds is 8. The summed E-state index contributed by atoms with van der Waals surface area (Å²) >= 11 is 0. The normalized spacial score (nSPS) is 12.3. The number of hydrogen-bond acceptors (Lipinski definition) is 3. The summed E-state index contributed by atoms with van der Waals surface area (Å²) in [6.07, 6.45) is 4.73. The van der Waals surface area contributed by atoms with Gasteiger partial charge in [-0.25, -0.2) is 0 Å². The van der Waals surface area contributed by atoms with Crippen molar-refractivity contribution in [3.8, 4) is 0 Å². The second kappa shape index (κ2) is 8.92. The molecule has 1 atom stereocenters. The van der Waals surface area contributed by atoms with Crippen LogP contribution in [0.3, 0.4) is 0 Å². The van der Waals surface area contributed by atoms with Crippen LogP contribution in [-0.2, 0) is 4.79 Å². The average molecular weight is 290 g/mol. The number of amides is 2. The van der Waals surface area contributed by atoms with Crippen LogP contribution in [0.15, 0.2) is 30.3 Å². The van der Waals surface area contributed by atoms with Crippen molar-refractivity contribution in [2.45, 2.75) is 19.8 Å². The first-order valence-electron chi connectivity index (χ1n) is 7.03. The van der Waals surface area contributed by atoms with E-state index in [2.05, 4.69) is 5.32 Å². The largest absolute Gasteiger partial charge is 0.396 e. The van der Waals surface area contributed by atoms with Gasteiger partial charge >= 0.3 is 0 Å². The van der Waals surface area contributed by atoms with Gasteiger partial charge in [0.25, 0.3) is 0 Å². The van der Waals surface area contributed by atoms with Gasteiger partial charge in [0.15, 0.2) is 0 Å². The van der Waals surface area contributed by atoms with E-state index < -0.39 is 5.91 Å². The molecule has 1 aromatic carbocycles. The zero-order valence-corrected chi connectivity index (χ0v) is 12.2. The van der Waals surface area contributed by atoms with E-state index >= 15 is 0 Å². The van der Waals surface area contributed by atoms with Crippen LogP contribution in [-0.4, -0.2) is 30.1 Å². The number of carbonyl (C=O) groups is 2. The SMILES string of the molecule is CCC(CCO)CNC(=O)/C=C/c1ccc(C(N)=O)cc1. The monoisotopic (exact) mass is 290 g/mol. The van der Waals surface area contributed by atoms with Crippen LogP contribution < -0.4 is 11.1 Å². The highest BCUT2D eigenvalue weighted by molar-refractivity contribution is 5.94. The Labute approximate surface area is 124 Å². The predicted molar refractivity (Wildman–Crippen MR) is 82.5 cm³/mol. The van der Waals surface area contributed by atoms with E-state index in [0.29, 0.717) is 24.4 Å². The lowest BCUT2D eigenvalue weighted by Crippen LogP contribution is -2.28. The average Bonchev–Trinajstić information content (AvgIpc) is 2.49. The number of nitrogens with two attached hydrogens (primary N) is 1. The smallest absolute Gasteiger partial charge is 0.248 e. The molecule has 0 fully saturated rings. The van der Waals surface area contributed by atoms with Crippen LogP contribution in [0.2, 0.25) is 0 Å². The number of benzene rings is 1. The fourth-order valence-electron chi connectivity index (χ4n) is 1.87. The third-order valence-electron chi connectivity index (χ3n) is 3.30. The van der Waals surface area contributed by atoms with Gasteiger partial charge < -0.3 is 16.2 Å². The molecular formula is C16H22N2O3. The molecule has 2 amide bonds. The Morgan fingerprint density at radius 2 is 2.00 bits per heavy atom. The van der Waals surface area contributed by atoms with Crippen molar-refractivity contribution in [3.63, 3.8) is 0 Å². The predicted octanol–water partition coefficient (Wildman–Crippen LogP) is 1.32. The maximum Gasteiger partial charge on any atom is 0.248 e. The molecule has 0 aliphatic carbocycles. The number of hydrogen-bond donors (Lipinski definition) is 3. The van der Waals surface area contributed by atoms with Crippen LogP contribution in [0.5, 0.6) is 0 Å². The standard InChI is InChI=1S/C16H22N2O3/c1-2-12(9-10-19)11-18-15(20)8-5-13-3-6-14(7-4-13)16(17)21/h3-8,12,19H,2,9-11H2,1H3,(H2,17,21)(H,18,20)/b8-5+. The number of aliphatic hydroxyl groups excluding tert-OH is 1. The van der Waals surface area contributed by atoms with E-state index in [1.165, 1.54) is 6.08 Å². The number of aliphatic hydroxyl groups is 1. The molecule has 0 saturated heterocycles. The molecule has 5 nitrogen and oxygen atoms in total.